The zero-order valence-electron chi connectivity index (χ0n) is 16.5. The van der Waals surface area contributed by atoms with E-state index < -0.39 is 0 Å². The third kappa shape index (κ3) is 9.60. The molecule has 1 aromatic heterocycles. The van der Waals surface area contributed by atoms with Gasteiger partial charge in [-0.3, -0.25) is 4.99 Å². The molecule has 146 valence electrons. The summed E-state index contributed by atoms with van der Waals surface area (Å²) in [7, 11) is 5.83. The molecular formula is C17H35IN6S. The molecule has 1 rings (SSSR count). The monoisotopic (exact) mass is 482 g/mol. The van der Waals surface area contributed by atoms with Crippen molar-refractivity contribution in [3.05, 3.63) is 11.1 Å². The summed E-state index contributed by atoms with van der Waals surface area (Å²) in [5, 5.41) is 9.92. The zero-order chi connectivity index (χ0) is 17.9. The van der Waals surface area contributed by atoms with Crippen LogP contribution in [0, 0.1) is 0 Å². The standard InChI is InChI=1S/C17H34N6S.HI/c1-7-23(8-2)11-9-10-14(3)20-16(18-4)19-12-15-13-24-17(21-15)22(5)6;/h13-14H,7-12H2,1-6H3,(H2,18,19,20);1H. The van der Waals surface area contributed by atoms with Gasteiger partial charge in [0.15, 0.2) is 11.1 Å². The predicted octanol–water partition coefficient (Wildman–Crippen LogP) is 3.00. The van der Waals surface area contributed by atoms with E-state index in [1.807, 2.05) is 26.0 Å². The van der Waals surface area contributed by atoms with Gasteiger partial charge in [0, 0.05) is 32.6 Å². The number of nitrogens with zero attached hydrogens (tertiary/aromatic N) is 4. The Labute approximate surface area is 174 Å². The highest BCUT2D eigenvalue weighted by atomic mass is 127. The van der Waals surface area contributed by atoms with Gasteiger partial charge in [0.05, 0.1) is 12.2 Å². The second-order valence-electron chi connectivity index (χ2n) is 6.16. The van der Waals surface area contributed by atoms with Crippen molar-refractivity contribution in [3.63, 3.8) is 0 Å². The summed E-state index contributed by atoms with van der Waals surface area (Å²) >= 11 is 1.66. The van der Waals surface area contributed by atoms with Crippen molar-refractivity contribution in [2.75, 3.05) is 45.7 Å². The van der Waals surface area contributed by atoms with E-state index in [4.69, 9.17) is 0 Å². The van der Waals surface area contributed by atoms with Gasteiger partial charge in [0.1, 0.15) is 0 Å². The SMILES string of the molecule is CCN(CC)CCCC(C)NC(=NC)NCc1csc(N(C)C)n1.I. The summed E-state index contributed by atoms with van der Waals surface area (Å²) in [6, 6.07) is 0.402. The summed E-state index contributed by atoms with van der Waals surface area (Å²) < 4.78 is 0. The molecule has 0 saturated carbocycles. The van der Waals surface area contributed by atoms with Crippen molar-refractivity contribution in [3.8, 4) is 0 Å². The number of halogens is 1. The van der Waals surface area contributed by atoms with Gasteiger partial charge in [0.25, 0.3) is 0 Å². The van der Waals surface area contributed by atoms with E-state index in [-0.39, 0.29) is 24.0 Å². The Hall–Kier alpha value is -0.610. The third-order valence-electron chi connectivity index (χ3n) is 3.97. The number of rotatable bonds is 10. The molecule has 0 saturated heterocycles. The van der Waals surface area contributed by atoms with Gasteiger partial charge in [-0.15, -0.1) is 35.3 Å². The lowest BCUT2D eigenvalue weighted by Gasteiger charge is -2.21. The molecule has 0 aliphatic heterocycles. The Morgan fingerprint density at radius 1 is 1.32 bits per heavy atom. The molecule has 2 N–H and O–H groups in total. The molecule has 0 fully saturated rings. The topological polar surface area (TPSA) is 55.8 Å². The van der Waals surface area contributed by atoms with Crippen molar-refractivity contribution in [1.82, 2.24) is 20.5 Å². The van der Waals surface area contributed by atoms with Crippen LogP contribution in [0.25, 0.3) is 0 Å². The van der Waals surface area contributed by atoms with Gasteiger partial charge in [-0.05, 0) is 39.4 Å². The fourth-order valence-corrected chi connectivity index (χ4v) is 3.18. The van der Waals surface area contributed by atoms with Gasteiger partial charge >= 0.3 is 0 Å². The molecule has 0 spiro atoms. The maximum absolute atomic E-state index is 4.58. The van der Waals surface area contributed by atoms with E-state index in [2.05, 4.69) is 51.7 Å². The number of thiazole rings is 1. The van der Waals surface area contributed by atoms with Crippen molar-refractivity contribution in [2.45, 2.75) is 46.2 Å². The van der Waals surface area contributed by atoms with Crippen LogP contribution in [0.5, 0.6) is 0 Å². The molecule has 1 unspecified atom stereocenters. The number of aromatic nitrogens is 1. The number of aliphatic imine (C=N–C) groups is 1. The lowest BCUT2D eigenvalue weighted by molar-refractivity contribution is 0.292. The molecule has 0 radical (unpaired) electrons. The van der Waals surface area contributed by atoms with E-state index in [0.29, 0.717) is 12.6 Å². The Balaban J connectivity index is 0.00000576. The minimum atomic E-state index is 0. The van der Waals surface area contributed by atoms with Crippen LogP contribution in [0.15, 0.2) is 10.4 Å². The van der Waals surface area contributed by atoms with E-state index in [0.717, 1.165) is 42.8 Å². The summed E-state index contributed by atoms with van der Waals surface area (Å²) in [5.74, 6) is 0.838. The summed E-state index contributed by atoms with van der Waals surface area (Å²) in [6.45, 7) is 10.8. The lowest BCUT2D eigenvalue weighted by Crippen LogP contribution is -2.42. The van der Waals surface area contributed by atoms with Crippen LogP contribution in [0.2, 0.25) is 0 Å². The van der Waals surface area contributed by atoms with E-state index in [1.54, 1.807) is 11.3 Å². The van der Waals surface area contributed by atoms with Gasteiger partial charge in [0.2, 0.25) is 0 Å². The molecular weight excluding hydrogens is 447 g/mol. The Morgan fingerprint density at radius 2 is 2.00 bits per heavy atom. The highest BCUT2D eigenvalue weighted by Gasteiger charge is 2.08. The average molecular weight is 482 g/mol. The molecule has 0 aliphatic rings. The molecule has 0 aliphatic carbocycles. The Morgan fingerprint density at radius 3 is 2.52 bits per heavy atom. The maximum Gasteiger partial charge on any atom is 0.191 e. The van der Waals surface area contributed by atoms with Crippen LogP contribution in [0.3, 0.4) is 0 Å². The van der Waals surface area contributed by atoms with Gasteiger partial charge in [-0.2, -0.15) is 0 Å². The number of hydrogen-bond acceptors (Lipinski definition) is 5. The highest BCUT2D eigenvalue weighted by Crippen LogP contribution is 2.17. The second kappa shape index (κ2) is 13.6. The van der Waals surface area contributed by atoms with Crippen molar-refractivity contribution in [2.24, 2.45) is 4.99 Å². The van der Waals surface area contributed by atoms with E-state index in [9.17, 15) is 0 Å². The molecule has 0 bridgehead atoms. The Bertz CT molecular complexity index is 487. The van der Waals surface area contributed by atoms with Crippen LogP contribution in [0.1, 0.15) is 39.3 Å². The zero-order valence-corrected chi connectivity index (χ0v) is 19.6. The first-order chi connectivity index (χ1) is 11.5. The Kier molecular flexibility index (Phi) is 13.2. The van der Waals surface area contributed by atoms with Crippen LogP contribution >= 0.6 is 35.3 Å². The van der Waals surface area contributed by atoms with Crippen molar-refractivity contribution in [1.29, 1.82) is 0 Å². The largest absolute Gasteiger partial charge is 0.354 e. The first-order valence-corrected chi connectivity index (χ1v) is 9.69. The fourth-order valence-electron chi connectivity index (χ4n) is 2.42. The average Bonchev–Trinajstić information content (AvgIpc) is 3.04. The lowest BCUT2D eigenvalue weighted by atomic mass is 10.2. The van der Waals surface area contributed by atoms with Crippen LogP contribution in [-0.2, 0) is 6.54 Å². The van der Waals surface area contributed by atoms with E-state index >= 15 is 0 Å². The molecule has 6 nitrogen and oxygen atoms in total. The van der Waals surface area contributed by atoms with Gasteiger partial charge in [-0.25, -0.2) is 4.98 Å². The number of hydrogen-bond donors (Lipinski definition) is 2. The van der Waals surface area contributed by atoms with Gasteiger partial charge < -0.3 is 20.4 Å². The van der Waals surface area contributed by atoms with Crippen LogP contribution < -0.4 is 15.5 Å². The first-order valence-electron chi connectivity index (χ1n) is 8.81. The quantitative estimate of drug-likeness (QED) is 0.305. The van der Waals surface area contributed by atoms with Crippen LogP contribution in [-0.4, -0.2) is 62.7 Å². The predicted molar refractivity (Wildman–Crippen MR) is 122 cm³/mol. The summed E-state index contributed by atoms with van der Waals surface area (Å²) in [5.41, 5.74) is 1.04. The van der Waals surface area contributed by atoms with Gasteiger partial charge in [-0.1, -0.05) is 13.8 Å². The normalized spacial score (nSPS) is 12.7. The molecule has 25 heavy (non-hydrogen) atoms. The molecule has 1 aromatic rings. The minimum absolute atomic E-state index is 0. The van der Waals surface area contributed by atoms with Crippen molar-refractivity contribution < 1.29 is 0 Å². The second-order valence-corrected chi connectivity index (χ2v) is 6.99. The highest BCUT2D eigenvalue weighted by molar-refractivity contribution is 14.0. The maximum atomic E-state index is 4.58. The summed E-state index contributed by atoms with van der Waals surface area (Å²) in [4.78, 5) is 13.4. The molecule has 0 amide bonds. The third-order valence-corrected chi connectivity index (χ3v) is 5.03. The number of nitrogens with one attached hydrogen (secondary N) is 2. The fraction of sp³-hybridized carbons (Fsp3) is 0.765. The molecule has 1 heterocycles. The number of anilines is 1. The minimum Gasteiger partial charge on any atom is -0.354 e. The first kappa shape index (κ1) is 24.4. The molecule has 0 aromatic carbocycles. The smallest absolute Gasteiger partial charge is 0.191 e. The van der Waals surface area contributed by atoms with E-state index in [1.165, 1.54) is 6.42 Å². The molecule has 1 atom stereocenters. The number of guanidine groups is 1. The summed E-state index contributed by atoms with van der Waals surface area (Å²) in [6.07, 6.45) is 2.34. The van der Waals surface area contributed by atoms with Crippen LogP contribution in [0.4, 0.5) is 5.13 Å². The molecule has 8 heteroatoms. The van der Waals surface area contributed by atoms with Crippen molar-refractivity contribution >= 4 is 46.4 Å².